The number of hydrogen-bond acceptors (Lipinski definition) is 5. The Balaban J connectivity index is 1.25. The number of nitrogens with zero attached hydrogens (tertiary/aromatic N) is 1. The zero-order valence-corrected chi connectivity index (χ0v) is 24.8. The van der Waals surface area contributed by atoms with E-state index in [0.29, 0.717) is 5.92 Å². The quantitative estimate of drug-likeness (QED) is 0.288. The molecule has 0 bridgehead atoms. The number of likely N-dealkylation sites (tertiary alicyclic amines) is 1. The molecule has 0 saturated carbocycles. The first-order chi connectivity index (χ1) is 19.4. The van der Waals surface area contributed by atoms with Gasteiger partial charge in [-0.25, -0.2) is 0 Å². The van der Waals surface area contributed by atoms with Crippen molar-refractivity contribution in [1.29, 1.82) is 0 Å². The van der Waals surface area contributed by atoms with Crippen molar-refractivity contribution in [2.45, 2.75) is 64.8 Å². The number of rotatable bonds is 10. The van der Waals surface area contributed by atoms with Gasteiger partial charge in [-0.3, -0.25) is 4.90 Å². The van der Waals surface area contributed by atoms with E-state index in [9.17, 15) is 0 Å². The molecule has 1 N–H and O–H groups in total. The Labute approximate surface area is 240 Å². The summed E-state index contributed by atoms with van der Waals surface area (Å²) in [5.74, 6) is 3.15. The van der Waals surface area contributed by atoms with Crippen molar-refractivity contribution in [2.24, 2.45) is 5.41 Å². The SMILES string of the molecule is COc1ccc2c(c1)CC(C)(C)C(c1ccc(OC)cc1NCc1ccc(OCCN3CCCCCC3)cc1)C2. The van der Waals surface area contributed by atoms with Crippen LogP contribution in [-0.4, -0.2) is 45.4 Å². The third-order valence-corrected chi connectivity index (χ3v) is 8.84. The first kappa shape index (κ1) is 28.4. The second-order valence-electron chi connectivity index (χ2n) is 12.1. The maximum Gasteiger partial charge on any atom is 0.120 e. The minimum absolute atomic E-state index is 0.108. The average Bonchev–Trinajstić information content (AvgIpc) is 3.24. The summed E-state index contributed by atoms with van der Waals surface area (Å²) in [6.07, 6.45) is 7.40. The lowest BCUT2D eigenvalue weighted by Gasteiger charge is -2.41. The molecule has 0 radical (unpaired) electrons. The van der Waals surface area contributed by atoms with E-state index < -0.39 is 0 Å². The molecule has 1 aliphatic carbocycles. The fraction of sp³-hybridized carbons (Fsp3) is 0.486. The van der Waals surface area contributed by atoms with Crippen molar-refractivity contribution in [3.63, 3.8) is 0 Å². The van der Waals surface area contributed by atoms with Gasteiger partial charge in [0.1, 0.15) is 23.9 Å². The third-order valence-electron chi connectivity index (χ3n) is 8.84. The van der Waals surface area contributed by atoms with Gasteiger partial charge >= 0.3 is 0 Å². The summed E-state index contributed by atoms with van der Waals surface area (Å²) in [6, 6.07) is 21.6. The van der Waals surface area contributed by atoms with Crippen LogP contribution in [0.3, 0.4) is 0 Å². The van der Waals surface area contributed by atoms with Crippen LogP contribution < -0.4 is 19.5 Å². The molecule has 0 spiro atoms. The smallest absolute Gasteiger partial charge is 0.120 e. The molecule has 3 aromatic carbocycles. The first-order valence-corrected chi connectivity index (χ1v) is 15.0. The molecule has 1 unspecified atom stereocenters. The lowest BCUT2D eigenvalue weighted by atomic mass is 9.64. The van der Waals surface area contributed by atoms with E-state index >= 15 is 0 Å². The van der Waals surface area contributed by atoms with Gasteiger partial charge in [0, 0.05) is 24.8 Å². The fourth-order valence-corrected chi connectivity index (χ4v) is 6.41. The minimum atomic E-state index is 0.108. The zero-order chi connectivity index (χ0) is 28.0. The van der Waals surface area contributed by atoms with Crippen LogP contribution in [0.15, 0.2) is 60.7 Å². The highest BCUT2D eigenvalue weighted by Crippen LogP contribution is 2.48. The van der Waals surface area contributed by atoms with Crippen LogP contribution in [0.5, 0.6) is 17.2 Å². The Morgan fingerprint density at radius 1 is 0.800 bits per heavy atom. The number of hydrogen-bond donors (Lipinski definition) is 1. The lowest BCUT2D eigenvalue weighted by Crippen LogP contribution is -2.32. The van der Waals surface area contributed by atoms with Gasteiger partial charge in [0.15, 0.2) is 0 Å². The van der Waals surface area contributed by atoms with E-state index in [2.05, 4.69) is 84.7 Å². The molecule has 40 heavy (non-hydrogen) atoms. The summed E-state index contributed by atoms with van der Waals surface area (Å²) in [5.41, 5.74) is 6.65. The monoisotopic (exact) mass is 542 g/mol. The Bertz CT molecular complexity index is 1250. The average molecular weight is 543 g/mol. The Kier molecular flexibility index (Phi) is 9.21. The summed E-state index contributed by atoms with van der Waals surface area (Å²) in [7, 11) is 3.48. The van der Waals surface area contributed by atoms with Gasteiger partial charge in [0.05, 0.1) is 14.2 Å². The van der Waals surface area contributed by atoms with Gasteiger partial charge in [-0.15, -0.1) is 0 Å². The molecule has 1 fully saturated rings. The molecule has 3 aromatic rings. The van der Waals surface area contributed by atoms with Crippen LogP contribution in [0.4, 0.5) is 5.69 Å². The zero-order valence-electron chi connectivity index (χ0n) is 24.8. The van der Waals surface area contributed by atoms with Crippen molar-refractivity contribution in [3.8, 4) is 17.2 Å². The first-order valence-electron chi connectivity index (χ1n) is 15.0. The molecular formula is C35H46N2O3. The molecule has 2 aliphatic rings. The molecule has 5 rings (SSSR count). The van der Waals surface area contributed by atoms with Crippen molar-refractivity contribution >= 4 is 5.69 Å². The third kappa shape index (κ3) is 6.93. The van der Waals surface area contributed by atoms with Gasteiger partial charge in [0.25, 0.3) is 0 Å². The van der Waals surface area contributed by atoms with E-state index in [1.807, 2.05) is 0 Å². The van der Waals surface area contributed by atoms with Crippen molar-refractivity contribution in [3.05, 3.63) is 82.9 Å². The molecule has 5 heteroatoms. The highest BCUT2D eigenvalue weighted by atomic mass is 16.5. The lowest BCUT2D eigenvalue weighted by molar-refractivity contribution is 0.214. The molecular weight excluding hydrogens is 496 g/mol. The van der Waals surface area contributed by atoms with E-state index in [-0.39, 0.29) is 5.41 Å². The van der Waals surface area contributed by atoms with E-state index in [1.54, 1.807) is 14.2 Å². The van der Waals surface area contributed by atoms with Gasteiger partial charge in [-0.1, -0.05) is 51.0 Å². The van der Waals surface area contributed by atoms with Crippen LogP contribution >= 0.6 is 0 Å². The van der Waals surface area contributed by atoms with Crippen LogP contribution in [0.1, 0.15) is 67.7 Å². The van der Waals surface area contributed by atoms with Gasteiger partial charge < -0.3 is 19.5 Å². The number of ether oxygens (including phenoxy) is 3. The number of methoxy groups -OCH3 is 2. The van der Waals surface area contributed by atoms with E-state index in [4.69, 9.17) is 14.2 Å². The normalized spacial score (nSPS) is 18.9. The molecule has 0 aromatic heterocycles. The molecule has 0 amide bonds. The Morgan fingerprint density at radius 2 is 1.48 bits per heavy atom. The van der Waals surface area contributed by atoms with Crippen molar-refractivity contribution in [2.75, 3.05) is 45.8 Å². The Morgan fingerprint density at radius 3 is 2.20 bits per heavy atom. The summed E-state index contributed by atoms with van der Waals surface area (Å²) in [6.45, 7) is 9.70. The Hall–Kier alpha value is -3.18. The van der Waals surface area contributed by atoms with Crippen molar-refractivity contribution in [1.82, 2.24) is 4.90 Å². The molecule has 1 atom stereocenters. The molecule has 1 aliphatic heterocycles. The predicted molar refractivity (Wildman–Crippen MR) is 164 cm³/mol. The van der Waals surface area contributed by atoms with Crippen LogP contribution in [-0.2, 0) is 19.4 Å². The molecule has 1 saturated heterocycles. The number of nitrogens with one attached hydrogen (secondary N) is 1. The van der Waals surface area contributed by atoms with Crippen molar-refractivity contribution < 1.29 is 14.2 Å². The standard InChI is InChI=1S/C35H46N2O3/c1-35(2)24-28-21-30(38-3)14-11-27(28)22-33(35)32-16-15-31(39-4)23-34(32)36-25-26-9-12-29(13-10-26)40-20-19-37-17-7-5-6-8-18-37/h9-16,21,23,33,36H,5-8,17-20,22,24-25H2,1-4H3. The summed E-state index contributed by atoms with van der Waals surface area (Å²) < 4.78 is 17.2. The predicted octanol–water partition coefficient (Wildman–Crippen LogP) is 7.48. The van der Waals surface area contributed by atoms with Crippen LogP contribution in [0.2, 0.25) is 0 Å². The highest BCUT2D eigenvalue weighted by molar-refractivity contribution is 5.58. The van der Waals surface area contributed by atoms with Gasteiger partial charge in [0.2, 0.25) is 0 Å². The molecule has 5 nitrogen and oxygen atoms in total. The number of benzene rings is 3. The maximum atomic E-state index is 6.08. The van der Waals surface area contributed by atoms with E-state index in [1.165, 1.54) is 61.0 Å². The van der Waals surface area contributed by atoms with Gasteiger partial charge in [-0.2, -0.15) is 0 Å². The largest absolute Gasteiger partial charge is 0.497 e. The number of fused-ring (bicyclic) bond motifs is 1. The number of anilines is 1. The fourth-order valence-electron chi connectivity index (χ4n) is 6.41. The highest BCUT2D eigenvalue weighted by Gasteiger charge is 2.37. The van der Waals surface area contributed by atoms with Crippen LogP contribution in [0.25, 0.3) is 0 Å². The van der Waals surface area contributed by atoms with Crippen LogP contribution in [0, 0.1) is 5.41 Å². The topological polar surface area (TPSA) is 43.0 Å². The minimum Gasteiger partial charge on any atom is -0.497 e. The molecule has 1 heterocycles. The second-order valence-corrected chi connectivity index (χ2v) is 12.1. The van der Waals surface area contributed by atoms with E-state index in [0.717, 1.165) is 55.5 Å². The summed E-state index contributed by atoms with van der Waals surface area (Å²) in [4.78, 5) is 2.54. The van der Waals surface area contributed by atoms with Gasteiger partial charge in [-0.05, 0) is 103 Å². The second kappa shape index (κ2) is 13.0. The maximum absolute atomic E-state index is 6.08. The summed E-state index contributed by atoms with van der Waals surface area (Å²) in [5, 5.41) is 3.75. The molecule has 214 valence electrons. The summed E-state index contributed by atoms with van der Waals surface area (Å²) >= 11 is 0.